The fourth-order valence-corrected chi connectivity index (χ4v) is 0. The third-order valence-corrected chi connectivity index (χ3v) is 0. The maximum absolute atomic E-state index is 0. The fraction of sp³-hybridized carbons (Fsp3) is 0. The molecule has 0 amide bonds. The summed E-state index contributed by atoms with van der Waals surface area (Å²) in [6.45, 7) is 0. The summed E-state index contributed by atoms with van der Waals surface area (Å²) in [5, 5.41) is 0. The van der Waals surface area contributed by atoms with Crippen molar-refractivity contribution in [2.75, 3.05) is 0 Å². The maximum atomic E-state index is 0. The number of rotatable bonds is 0. The van der Waals surface area contributed by atoms with Gasteiger partial charge in [-0.25, -0.2) is 0 Å². The zero-order chi connectivity index (χ0) is 0. The predicted molar refractivity (Wildman–Crippen MR) is 0 cm³/mol. The van der Waals surface area contributed by atoms with Crippen LogP contribution in [0.2, 0.25) is 0 Å². The van der Waals surface area contributed by atoms with E-state index in [2.05, 4.69) is 0 Å². The first-order valence-corrected chi connectivity index (χ1v) is 0. The molecule has 0 aromatic carbocycles. The quantitative estimate of drug-likeness (QED) is 0.351. The van der Waals surface area contributed by atoms with Crippen molar-refractivity contribution < 1.29 is 94.4 Å². The smallest absolute Gasteiger partial charge is 1.00 e. The summed E-state index contributed by atoms with van der Waals surface area (Å²) in [4.78, 5) is 0. The molecule has 0 spiro atoms. The van der Waals surface area contributed by atoms with E-state index in [0.717, 1.165) is 0 Å². The number of hydrogen-bond acceptors (Lipinski definition) is 0. The van der Waals surface area contributed by atoms with Crippen molar-refractivity contribution in [2.45, 2.75) is 0 Å². The number of halogens is 4. The van der Waals surface area contributed by atoms with Gasteiger partial charge in [0.25, 0.3) is 0 Å². The van der Waals surface area contributed by atoms with E-state index >= 15 is 0 Å². The molecule has 0 aliphatic rings. The number of hydrogen-bond donors (Lipinski definition) is 0. The van der Waals surface area contributed by atoms with E-state index in [0.29, 0.717) is 0 Å². The predicted octanol–water partition coefficient (Wildman–Crippen LogP) is -15.0. The van der Waals surface area contributed by atoms with Gasteiger partial charge in [0.15, 0.2) is 0 Å². The van der Waals surface area contributed by atoms with E-state index in [9.17, 15) is 0 Å². The Balaban J connectivity index is 0. The van der Waals surface area contributed by atoms with Crippen LogP contribution in [0, 0.1) is 0 Å². The van der Waals surface area contributed by atoms with E-state index in [4.69, 9.17) is 0 Å². The summed E-state index contributed by atoms with van der Waals surface area (Å²) in [6, 6.07) is 0. The van der Waals surface area contributed by atoms with Crippen LogP contribution in [-0.2, 0) is 17.4 Å². The van der Waals surface area contributed by atoms with E-state index in [1.54, 1.807) is 0 Å². The zero-order valence-electron chi connectivity index (χ0n) is 2.92. The molecule has 0 aromatic heterocycles. The maximum Gasteiger partial charge on any atom is 3.00 e. The second kappa shape index (κ2) is 61.2. The van der Waals surface area contributed by atoms with Gasteiger partial charge in [0.2, 0.25) is 0 Å². The molecule has 0 atom stereocenters. The summed E-state index contributed by atoms with van der Waals surface area (Å²) >= 11 is 0. The van der Waals surface area contributed by atoms with Crippen LogP contribution >= 0.6 is 0 Å². The minimum atomic E-state index is 0. The first kappa shape index (κ1) is 94.8. The van der Waals surface area contributed by atoms with Crippen LogP contribution in [-0.4, -0.2) is 0 Å². The Kier molecular flexibility index (Phi) is 966. The second-order valence-electron chi connectivity index (χ2n) is 0. The van der Waals surface area contributed by atoms with Crippen molar-refractivity contribution >= 4 is 0 Å². The van der Waals surface area contributed by atoms with Crippen molar-refractivity contribution in [3.8, 4) is 0 Å². The Morgan fingerprint density at radius 2 is 0.500 bits per heavy atom. The van der Waals surface area contributed by atoms with E-state index < -0.39 is 0 Å². The molecule has 35 valence electrons. The zero-order valence-corrected chi connectivity index (χ0v) is 9.11. The van der Waals surface area contributed by atoms with Crippen molar-refractivity contribution in [2.24, 2.45) is 0 Å². The first-order chi connectivity index (χ1) is 0. The molecule has 6 heteroatoms. The van der Waals surface area contributed by atoms with Crippen molar-refractivity contribution in [3.05, 3.63) is 0 Å². The third kappa shape index (κ3) is 36.6. The van der Waals surface area contributed by atoms with Gasteiger partial charge in [-0.2, -0.15) is 0 Å². The second-order valence-corrected chi connectivity index (χ2v) is 0. The molecule has 0 fully saturated rings. The average molecular weight is 213 g/mol. The minimum Gasteiger partial charge on any atom is -1.00 e. The standard InChI is InChI=1S/Cr.4FH.Rb/h;4*1H;/q+3;;;;;+1/p-4. The Morgan fingerprint density at radius 3 is 0.500 bits per heavy atom. The molecule has 1 radical (unpaired) electrons. The molecular formula is CrF4Rb. The summed E-state index contributed by atoms with van der Waals surface area (Å²) < 4.78 is 0. The van der Waals surface area contributed by atoms with Gasteiger partial charge < -0.3 is 18.8 Å². The molecule has 0 saturated heterocycles. The van der Waals surface area contributed by atoms with Gasteiger partial charge in [0, 0.05) is 0 Å². The van der Waals surface area contributed by atoms with Gasteiger partial charge in [-0.15, -0.1) is 0 Å². The summed E-state index contributed by atoms with van der Waals surface area (Å²) in [5.41, 5.74) is 0. The largest absolute Gasteiger partial charge is 3.00 e. The Bertz CT molecular complexity index is 7.51. The molecule has 0 saturated carbocycles. The van der Waals surface area contributed by atoms with Crippen LogP contribution in [0.25, 0.3) is 0 Å². The van der Waals surface area contributed by atoms with Crippen molar-refractivity contribution in [1.29, 1.82) is 0 Å². The molecule has 0 N–H and O–H groups in total. The molecule has 0 aliphatic heterocycles. The third-order valence-electron chi connectivity index (χ3n) is 0. The minimum absolute atomic E-state index is 0. The van der Waals surface area contributed by atoms with Gasteiger partial charge >= 0.3 is 75.5 Å². The van der Waals surface area contributed by atoms with E-state index in [-0.39, 0.29) is 94.4 Å². The molecule has 0 rings (SSSR count). The molecule has 0 aromatic rings. The van der Waals surface area contributed by atoms with Crippen LogP contribution in [0.1, 0.15) is 0 Å². The fourth-order valence-electron chi connectivity index (χ4n) is 0. The summed E-state index contributed by atoms with van der Waals surface area (Å²) in [6.07, 6.45) is 0. The van der Waals surface area contributed by atoms with Crippen LogP contribution in [0.3, 0.4) is 0 Å². The van der Waals surface area contributed by atoms with Gasteiger partial charge in [0.05, 0.1) is 0 Å². The molecule has 0 nitrogen and oxygen atoms in total. The monoisotopic (exact) mass is 213 g/mol. The van der Waals surface area contributed by atoms with Crippen LogP contribution in [0.4, 0.5) is 0 Å². The Hall–Kier alpha value is 2.06. The summed E-state index contributed by atoms with van der Waals surface area (Å²) in [7, 11) is 0. The summed E-state index contributed by atoms with van der Waals surface area (Å²) in [5.74, 6) is 0. The van der Waals surface area contributed by atoms with Gasteiger partial charge in [0.1, 0.15) is 0 Å². The topological polar surface area (TPSA) is 0 Å². The van der Waals surface area contributed by atoms with Crippen molar-refractivity contribution in [3.63, 3.8) is 0 Å². The van der Waals surface area contributed by atoms with Gasteiger partial charge in [-0.1, -0.05) is 0 Å². The van der Waals surface area contributed by atoms with E-state index in [1.807, 2.05) is 0 Å². The normalized spacial score (nSPS) is 0. The molecule has 6 heavy (non-hydrogen) atoms. The molecular weight excluding hydrogens is 213 g/mol. The molecule has 0 heterocycles. The molecule has 0 unspecified atom stereocenters. The average Bonchev–Trinajstić information content (AvgIpc) is 0. The molecule has 0 bridgehead atoms. The van der Waals surface area contributed by atoms with Crippen LogP contribution < -0.4 is 77.0 Å². The van der Waals surface area contributed by atoms with Crippen LogP contribution in [0.5, 0.6) is 0 Å². The van der Waals surface area contributed by atoms with Crippen LogP contribution in [0.15, 0.2) is 0 Å². The first-order valence-electron chi connectivity index (χ1n) is 0. The Morgan fingerprint density at radius 1 is 0.500 bits per heavy atom. The Labute approximate surface area is 92.4 Å². The van der Waals surface area contributed by atoms with Gasteiger partial charge in [-0.3, -0.25) is 0 Å². The van der Waals surface area contributed by atoms with Gasteiger partial charge in [-0.05, 0) is 0 Å². The van der Waals surface area contributed by atoms with Crippen molar-refractivity contribution in [1.82, 2.24) is 0 Å². The SMILES string of the molecule is [Cr+3].[F-].[F-].[F-].[F-].[Rb+]. The molecule has 0 aliphatic carbocycles. The van der Waals surface area contributed by atoms with E-state index in [1.165, 1.54) is 0 Å².